The summed E-state index contributed by atoms with van der Waals surface area (Å²) in [6.07, 6.45) is 7.09. The van der Waals surface area contributed by atoms with Crippen molar-refractivity contribution in [2.45, 2.75) is 45.2 Å². The lowest BCUT2D eigenvalue weighted by Crippen LogP contribution is -2.35. The number of nitrogens with one attached hydrogen (secondary N) is 3. The number of aromatic amines is 1. The third-order valence-electron chi connectivity index (χ3n) is 6.57. The molecule has 0 unspecified atom stereocenters. The van der Waals surface area contributed by atoms with Crippen LogP contribution < -0.4 is 16.2 Å². The SMILES string of the molecule is Cc1cc2[nH]cnc2cc1CNC(=O)Cn1c(C)cnc(NCC2(c3ccccn3)CC2)c1=O. The van der Waals surface area contributed by atoms with E-state index in [-0.39, 0.29) is 29.2 Å². The van der Waals surface area contributed by atoms with Crippen molar-refractivity contribution >= 4 is 22.8 Å². The van der Waals surface area contributed by atoms with Gasteiger partial charge < -0.3 is 15.6 Å². The van der Waals surface area contributed by atoms with Gasteiger partial charge in [0, 0.05) is 42.3 Å². The minimum Gasteiger partial charge on any atom is -0.365 e. The molecule has 9 heteroatoms. The Morgan fingerprint density at radius 2 is 2.03 bits per heavy atom. The Morgan fingerprint density at radius 1 is 1.18 bits per heavy atom. The van der Waals surface area contributed by atoms with Crippen molar-refractivity contribution < 1.29 is 4.79 Å². The Hall–Kier alpha value is -4.01. The molecule has 9 nitrogen and oxygen atoms in total. The van der Waals surface area contributed by atoms with Gasteiger partial charge in [-0.1, -0.05) is 6.07 Å². The molecule has 1 amide bonds. The Bertz CT molecular complexity index is 1400. The molecule has 1 saturated carbocycles. The molecule has 0 saturated heterocycles. The molecule has 0 spiro atoms. The van der Waals surface area contributed by atoms with Crippen molar-refractivity contribution in [2.24, 2.45) is 0 Å². The number of amides is 1. The van der Waals surface area contributed by atoms with E-state index in [0.717, 1.165) is 40.7 Å². The number of aryl methyl sites for hydroxylation is 2. The van der Waals surface area contributed by atoms with Crippen LogP contribution in [-0.2, 0) is 23.3 Å². The minimum absolute atomic E-state index is 0.0598. The minimum atomic E-state index is -0.305. The van der Waals surface area contributed by atoms with Crippen LogP contribution in [0.4, 0.5) is 5.82 Å². The van der Waals surface area contributed by atoms with E-state index in [1.807, 2.05) is 37.3 Å². The van der Waals surface area contributed by atoms with Crippen LogP contribution in [0.25, 0.3) is 11.0 Å². The zero-order valence-electron chi connectivity index (χ0n) is 19.3. The van der Waals surface area contributed by atoms with Crippen LogP contribution in [0.2, 0.25) is 0 Å². The number of hydrogen-bond donors (Lipinski definition) is 3. The maximum atomic E-state index is 13.1. The molecule has 3 heterocycles. The first-order valence-electron chi connectivity index (χ1n) is 11.4. The smallest absolute Gasteiger partial charge is 0.293 e. The third kappa shape index (κ3) is 4.28. The Morgan fingerprint density at radius 3 is 2.79 bits per heavy atom. The van der Waals surface area contributed by atoms with Gasteiger partial charge in [-0.3, -0.25) is 19.1 Å². The number of H-pyrrole nitrogens is 1. The molecule has 0 atom stereocenters. The van der Waals surface area contributed by atoms with E-state index in [0.29, 0.717) is 18.8 Å². The van der Waals surface area contributed by atoms with Crippen LogP contribution in [0.3, 0.4) is 0 Å². The number of nitrogens with zero attached hydrogens (tertiary/aromatic N) is 4. The van der Waals surface area contributed by atoms with Crippen molar-refractivity contribution in [1.29, 1.82) is 0 Å². The Kier molecular flexibility index (Phi) is 5.61. The predicted molar refractivity (Wildman–Crippen MR) is 130 cm³/mol. The summed E-state index contributed by atoms with van der Waals surface area (Å²) >= 11 is 0. The normalized spacial score (nSPS) is 14.2. The molecule has 5 rings (SSSR count). The molecular weight excluding hydrogens is 430 g/mol. The summed E-state index contributed by atoms with van der Waals surface area (Å²) in [6, 6.07) is 9.87. The molecule has 0 bridgehead atoms. The van der Waals surface area contributed by atoms with Gasteiger partial charge in [0.25, 0.3) is 5.56 Å². The van der Waals surface area contributed by atoms with Crippen molar-refractivity contribution in [3.63, 3.8) is 0 Å². The quantitative estimate of drug-likeness (QED) is 0.374. The molecule has 0 radical (unpaired) electrons. The fourth-order valence-electron chi connectivity index (χ4n) is 4.21. The van der Waals surface area contributed by atoms with Crippen LogP contribution >= 0.6 is 0 Å². The van der Waals surface area contributed by atoms with Gasteiger partial charge in [-0.25, -0.2) is 9.97 Å². The molecule has 1 aromatic carbocycles. The van der Waals surface area contributed by atoms with Crippen molar-refractivity contribution in [3.05, 3.63) is 81.9 Å². The maximum absolute atomic E-state index is 13.1. The second-order valence-corrected chi connectivity index (χ2v) is 8.96. The summed E-state index contributed by atoms with van der Waals surface area (Å²) in [4.78, 5) is 41.9. The van der Waals surface area contributed by atoms with Gasteiger partial charge in [0.1, 0.15) is 6.54 Å². The van der Waals surface area contributed by atoms with Crippen molar-refractivity contribution in [2.75, 3.05) is 11.9 Å². The first-order valence-corrected chi connectivity index (χ1v) is 11.4. The van der Waals surface area contributed by atoms with Gasteiger partial charge in [0.15, 0.2) is 5.82 Å². The number of aromatic nitrogens is 5. The average molecular weight is 458 g/mol. The standard InChI is InChI=1S/C25H27N7O2/c1-16-9-19-20(31-15-30-19)10-18(16)12-27-22(33)13-32-17(2)11-28-23(24(32)34)29-14-25(6-7-25)21-5-3-4-8-26-21/h3-5,8-11,15H,6-7,12-14H2,1-2H3,(H,27,33)(H,28,29)(H,30,31). The van der Waals surface area contributed by atoms with Crippen LogP contribution in [0.15, 0.2) is 53.8 Å². The van der Waals surface area contributed by atoms with Crippen LogP contribution in [0.1, 0.15) is 35.4 Å². The fourth-order valence-corrected chi connectivity index (χ4v) is 4.21. The van der Waals surface area contributed by atoms with Gasteiger partial charge >= 0.3 is 0 Å². The first kappa shape index (κ1) is 21.8. The molecule has 3 aromatic heterocycles. The number of carbonyl (C=O) groups excluding carboxylic acids is 1. The van der Waals surface area contributed by atoms with E-state index in [2.05, 4.69) is 30.6 Å². The van der Waals surface area contributed by atoms with E-state index < -0.39 is 0 Å². The Labute approximate surface area is 196 Å². The van der Waals surface area contributed by atoms with Gasteiger partial charge in [-0.05, 0) is 62.1 Å². The zero-order chi connectivity index (χ0) is 23.7. The number of anilines is 1. The summed E-state index contributed by atoms with van der Waals surface area (Å²) in [5, 5.41) is 6.13. The summed E-state index contributed by atoms with van der Waals surface area (Å²) in [6.45, 7) is 4.64. The summed E-state index contributed by atoms with van der Waals surface area (Å²) in [5.41, 5.74) is 5.15. The first-order chi connectivity index (χ1) is 16.4. The number of carbonyl (C=O) groups is 1. The monoisotopic (exact) mass is 457 g/mol. The number of pyridine rings is 1. The third-order valence-corrected chi connectivity index (χ3v) is 6.57. The van der Waals surface area contributed by atoms with Gasteiger partial charge in [-0.2, -0.15) is 0 Å². The topological polar surface area (TPSA) is 118 Å². The molecule has 3 N–H and O–H groups in total. The van der Waals surface area contributed by atoms with Gasteiger partial charge in [0.05, 0.1) is 17.4 Å². The molecule has 4 aromatic rings. The number of fused-ring (bicyclic) bond motifs is 1. The number of imidazole rings is 1. The van der Waals surface area contributed by atoms with Crippen molar-refractivity contribution in [1.82, 2.24) is 29.8 Å². The molecule has 1 aliphatic carbocycles. The molecule has 174 valence electrons. The highest BCUT2D eigenvalue weighted by Gasteiger charge is 2.45. The van der Waals surface area contributed by atoms with E-state index in [4.69, 9.17) is 0 Å². The van der Waals surface area contributed by atoms with E-state index in [1.165, 1.54) is 4.57 Å². The summed E-state index contributed by atoms with van der Waals surface area (Å²) in [7, 11) is 0. The van der Waals surface area contributed by atoms with Gasteiger partial charge in [0.2, 0.25) is 5.91 Å². The van der Waals surface area contributed by atoms with E-state index in [1.54, 1.807) is 25.6 Å². The predicted octanol–water partition coefficient (Wildman–Crippen LogP) is 2.59. The highest BCUT2D eigenvalue weighted by Crippen LogP contribution is 2.47. The lowest BCUT2D eigenvalue weighted by Gasteiger charge is -2.17. The summed E-state index contributed by atoms with van der Waals surface area (Å²) < 4.78 is 1.45. The highest BCUT2D eigenvalue weighted by molar-refractivity contribution is 5.78. The largest absolute Gasteiger partial charge is 0.365 e. The number of benzene rings is 1. The maximum Gasteiger partial charge on any atom is 0.293 e. The van der Waals surface area contributed by atoms with Crippen LogP contribution in [-0.4, -0.2) is 37.0 Å². The van der Waals surface area contributed by atoms with E-state index in [9.17, 15) is 9.59 Å². The van der Waals surface area contributed by atoms with Gasteiger partial charge in [-0.15, -0.1) is 0 Å². The Balaban J connectivity index is 1.25. The fraction of sp³-hybridized carbons (Fsp3) is 0.320. The number of hydrogen-bond acceptors (Lipinski definition) is 6. The lowest BCUT2D eigenvalue weighted by atomic mass is 10.0. The highest BCUT2D eigenvalue weighted by atomic mass is 16.2. The second-order valence-electron chi connectivity index (χ2n) is 8.96. The zero-order valence-corrected chi connectivity index (χ0v) is 19.3. The lowest BCUT2D eigenvalue weighted by molar-refractivity contribution is -0.121. The molecule has 1 fully saturated rings. The molecule has 0 aliphatic heterocycles. The van der Waals surface area contributed by atoms with Crippen LogP contribution in [0.5, 0.6) is 0 Å². The number of rotatable bonds is 8. The van der Waals surface area contributed by atoms with Crippen molar-refractivity contribution in [3.8, 4) is 0 Å². The summed E-state index contributed by atoms with van der Waals surface area (Å²) in [5.74, 6) is 0.0106. The van der Waals surface area contributed by atoms with Crippen LogP contribution in [0, 0.1) is 13.8 Å². The average Bonchev–Trinajstić information content (AvgIpc) is 3.50. The molecular formula is C25H27N7O2. The second kappa shape index (κ2) is 8.74. The van der Waals surface area contributed by atoms with E-state index >= 15 is 0 Å². The molecule has 34 heavy (non-hydrogen) atoms. The molecule has 1 aliphatic rings.